The molecule has 0 unspecified atom stereocenters. The number of nitrogens with zero attached hydrogens (tertiary/aromatic N) is 4. The molecule has 1 aliphatic carbocycles. The fourth-order valence-electron chi connectivity index (χ4n) is 9.48. The molecule has 0 radical (unpaired) electrons. The van der Waals surface area contributed by atoms with Gasteiger partial charge in [-0.2, -0.15) is 0 Å². The number of hydrogen-bond acceptors (Lipinski definition) is 2. The van der Waals surface area contributed by atoms with Crippen molar-refractivity contribution in [2.24, 2.45) is 0 Å². The third-order valence-corrected chi connectivity index (χ3v) is 12.2. The van der Waals surface area contributed by atoms with Crippen molar-refractivity contribution in [3.8, 4) is 45.1 Å². The Morgan fingerprint density at radius 1 is 0.404 bits per heavy atom. The van der Waals surface area contributed by atoms with Crippen molar-refractivity contribution in [3.63, 3.8) is 0 Å². The number of para-hydroxylation sites is 3. The van der Waals surface area contributed by atoms with Crippen LogP contribution in [0.2, 0.25) is 0 Å². The van der Waals surface area contributed by atoms with Crippen LogP contribution in [-0.4, -0.2) is 19.1 Å². The number of aromatic nitrogens is 4. The standard InChI is InChI=1S/C53H36N4/c1-53(2)44-27-25-36(33-15-5-3-6-16-33)30-43(44)50-51(53)55-52(57-46-24-14-12-22-40(46)42-29-34-17-9-10-18-35(34)32-48(42)57)49(54-50)37-26-28-47-41(31-37)39-21-11-13-23-45(39)56(47)38-19-7-4-8-20-38/h3-32H,1-2H3. The summed E-state index contributed by atoms with van der Waals surface area (Å²) in [5.41, 5.74) is 13.9. The highest BCUT2D eigenvalue weighted by Crippen LogP contribution is 2.50. The first-order valence-corrected chi connectivity index (χ1v) is 19.7. The summed E-state index contributed by atoms with van der Waals surface area (Å²) in [4.78, 5) is 11.6. The van der Waals surface area contributed by atoms with E-state index in [0.29, 0.717) is 0 Å². The predicted octanol–water partition coefficient (Wildman–Crippen LogP) is 13.5. The van der Waals surface area contributed by atoms with Gasteiger partial charge in [0.2, 0.25) is 0 Å². The van der Waals surface area contributed by atoms with Crippen molar-refractivity contribution in [2.45, 2.75) is 19.3 Å². The van der Waals surface area contributed by atoms with Gasteiger partial charge in [-0.3, -0.25) is 4.57 Å². The topological polar surface area (TPSA) is 35.6 Å². The Hall–Kier alpha value is -7.30. The van der Waals surface area contributed by atoms with Gasteiger partial charge in [0.05, 0.1) is 33.5 Å². The Kier molecular flexibility index (Phi) is 6.65. The van der Waals surface area contributed by atoms with Gasteiger partial charge in [-0.1, -0.05) is 141 Å². The highest BCUT2D eigenvalue weighted by atomic mass is 15.1. The van der Waals surface area contributed by atoms with Gasteiger partial charge in [0.25, 0.3) is 0 Å². The maximum Gasteiger partial charge on any atom is 0.164 e. The van der Waals surface area contributed by atoms with E-state index in [9.17, 15) is 0 Å². The van der Waals surface area contributed by atoms with Gasteiger partial charge in [0, 0.05) is 43.8 Å². The van der Waals surface area contributed by atoms with Gasteiger partial charge in [0.1, 0.15) is 5.69 Å². The monoisotopic (exact) mass is 728 g/mol. The van der Waals surface area contributed by atoms with Crippen LogP contribution in [0.25, 0.3) is 99.5 Å². The van der Waals surface area contributed by atoms with Crippen molar-refractivity contribution in [1.82, 2.24) is 19.1 Å². The van der Waals surface area contributed by atoms with Gasteiger partial charge < -0.3 is 4.57 Å². The quantitative estimate of drug-likeness (QED) is 0.181. The van der Waals surface area contributed by atoms with E-state index in [2.05, 4.69) is 205 Å². The van der Waals surface area contributed by atoms with E-state index in [1.54, 1.807) is 0 Å². The summed E-state index contributed by atoms with van der Waals surface area (Å²) >= 11 is 0. The first kappa shape index (κ1) is 32.0. The zero-order valence-electron chi connectivity index (χ0n) is 31.6. The molecule has 0 aliphatic heterocycles. The molecule has 57 heavy (non-hydrogen) atoms. The lowest BCUT2D eigenvalue weighted by Gasteiger charge is -2.22. The molecule has 0 N–H and O–H groups in total. The maximum atomic E-state index is 5.81. The third-order valence-electron chi connectivity index (χ3n) is 12.2. The van der Waals surface area contributed by atoms with Gasteiger partial charge >= 0.3 is 0 Å². The first-order chi connectivity index (χ1) is 28.0. The first-order valence-electron chi connectivity index (χ1n) is 19.7. The minimum atomic E-state index is -0.362. The lowest BCUT2D eigenvalue weighted by molar-refractivity contribution is 0.633. The van der Waals surface area contributed by atoms with Gasteiger partial charge in [-0.15, -0.1) is 0 Å². The molecule has 0 saturated heterocycles. The molecule has 268 valence electrons. The Labute approximate surface area is 329 Å². The molecular weight excluding hydrogens is 693 g/mol. The summed E-state index contributed by atoms with van der Waals surface area (Å²) in [5.74, 6) is 0.838. The molecule has 3 heterocycles. The number of benzene rings is 8. The van der Waals surface area contributed by atoms with Crippen LogP contribution >= 0.6 is 0 Å². The van der Waals surface area contributed by atoms with Crippen molar-refractivity contribution in [3.05, 3.63) is 193 Å². The minimum absolute atomic E-state index is 0.362. The minimum Gasteiger partial charge on any atom is -0.309 e. The van der Waals surface area contributed by atoms with E-state index in [0.717, 1.165) is 56.3 Å². The van der Waals surface area contributed by atoms with Crippen LogP contribution in [0.3, 0.4) is 0 Å². The predicted molar refractivity (Wildman–Crippen MR) is 237 cm³/mol. The van der Waals surface area contributed by atoms with Crippen molar-refractivity contribution < 1.29 is 0 Å². The second kappa shape index (κ2) is 11.8. The third kappa shape index (κ3) is 4.62. The van der Waals surface area contributed by atoms with Crippen LogP contribution in [0.15, 0.2) is 182 Å². The summed E-state index contributed by atoms with van der Waals surface area (Å²) in [6.07, 6.45) is 0. The molecule has 4 nitrogen and oxygen atoms in total. The summed E-state index contributed by atoms with van der Waals surface area (Å²) in [5, 5.41) is 7.20. The van der Waals surface area contributed by atoms with Gasteiger partial charge in [-0.05, 0) is 82.1 Å². The van der Waals surface area contributed by atoms with Crippen LogP contribution in [0.4, 0.5) is 0 Å². The van der Waals surface area contributed by atoms with Gasteiger partial charge in [0.15, 0.2) is 5.82 Å². The second-order valence-electron chi connectivity index (χ2n) is 15.8. The number of hydrogen-bond donors (Lipinski definition) is 0. The molecule has 3 aromatic heterocycles. The van der Waals surface area contributed by atoms with E-state index in [4.69, 9.17) is 9.97 Å². The smallest absolute Gasteiger partial charge is 0.164 e. The van der Waals surface area contributed by atoms with Gasteiger partial charge in [-0.25, -0.2) is 9.97 Å². The summed E-state index contributed by atoms with van der Waals surface area (Å²) < 4.78 is 4.73. The summed E-state index contributed by atoms with van der Waals surface area (Å²) in [7, 11) is 0. The molecule has 8 aromatic carbocycles. The van der Waals surface area contributed by atoms with Crippen LogP contribution in [0.5, 0.6) is 0 Å². The molecule has 0 spiro atoms. The second-order valence-corrected chi connectivity index (χ2v) is 15.8. The fraction of sp³-hybridized carbons (Fsp3) is 0.0566. The maximum absolute atomic E-state index is 5.81. The SMILES string of the molecule is CC1(C)c2ccc(-c3ccccc3)cc2-c2nc(-c3ccc4c(c3)c3ccccc3n4-c3ccccc3)c(-n3c4ccccc4c4cc5ccccc5cc43)nc21. The van der Waals surface area contributed by atoms with E-state index in [-0.39, 0.29) is 5.41 Å². The Morgan fingerprint density at radius 3 is 1.75 bits per heavy atom. The van der Waals surface area contributed by atoms with Crippen LogP contribution < -0.4 is 0 Å². The summed E-state index contributed by atoms with van der Waals surface area (Å²) in [6.45, 7) is 4.59. The highest BCUT2D eigenvalue weighted by molar-refractivity contribution is 6.14. The lowest BCUT2D eigenvalue weighted by Crippen LogP contribution is -2.18. The molecule has 0 bridgehead atoms. The molecule has 11 aromatic rings. The Bertz CT molecular complexity index is 3420. The number of rotatable bonds is 4. The molecule has 0 fully saturated rings. The molecule has 1 aliphatic rings. The number of fused-ring (bicyclic) bond motifs is 10. The summed E-state index contributed by atoms with van der Waals surface area (Å²) in [6, 6.07) is 65.7. The Morgan fingerprint density at radius 2 is 1.00 bits per heavy atom. The molecule has 0 atom stereocenters. The van der Waals surface area contributed by atoms with Crippen molar-refractivity contribution in [1.29, 1.82) is 0 Å². The zero-order chi connectivity index (χ0) is 37.8. The fourth-order valence-corrected chi connectivity index (χ4v) is 9.48. The normalized spacial score (nSPS) is 13.2. The van der Waals surface area contributed by atoms with Crippen LogP contribution in [0.1, 0.15) is 25.1 Å². The van der Waals surface area contributed by atoms with Crippen molar-refractivity contribution in [2.75, 3.05) is 0 Å². The average Bonchev–Trinajstić information content (AvgIpc) is 3.84. The highest BCUT2D eigenvalue weighted by Gasteiger charge is 2.40. The average molecular weight is 729 g/mol. The molecule has 4 heteroatoms. The zero-order valence-corrected chi connectivity index (χ0v) is 31.6. The van der Waals surface area contributed by atoms with E-state index in [1.165, 1.54) is 54.5 Å². The van der Waals surface area contributed by atoms with Crippen LogP contribution in [0, 0.1) is 0 Å². The van der Waals surface area contributed by atoms with Crippen LogP contribution in [-0.2, 0) is 5.41 Å². The van der Waals surface area contributed by atoms with Crippen molar-refractivity contribution >= 4 is 54.4 Å². The molecule has 0 amide bonds. The van der Waals surface area contributed by atoms with E-state index >= 15 is 0 Å². The molecule has 0 saturated carbocycles. The lowest BCUT2D eigenvalue weighted by atomic mass is 9.84. The molecular formula is C53H36N4. The Balaban J connectivity index is 1.19. The van der Waals surface area contributed by atoms with E-state index in [1.807, 2.05) is 0 Å². The largest absolute Gasteiger partial charge is 0.309 e. The van der Waals surface area contributed by atoms with E-state index < -0.39 is 0 Å². The molecule has 12 rings (SSSR count).